The standard InChI is InChI=1S/C23H19ClN4O3S2/c1-13(29)27-16-7-8-19(31-2)17(9-16)28-21(30)11-32-23-22-18(25-12-26-23)10-20(33-22)14-3-5-15(24)6-4-14/h3-10,12H,11H2,1-2H3,(H,27,29)(H,28,30). The van der Waals surface area contributed by atoms with Gasteiger partial charge in [-0.05, 0) is 42.0 Å². The Morgan fingerprint density at radius 3 is 2.61 bits per heavy atom. The Labute approximate surface area is 203 Å². The second-order valence-corrected chi connectivity index (χ2v) is 9.40. The van der Waals surface area contributed by atoms with Crippen molar-refractivity contribution >= 4 is 68.1 Å². The van der Waals surface area contributed by atoms with Crippen LogP contribution in [0.3, 0.4) is 0 Å². The number of halogens is 1. The number of amides is 2. The van der Waals surface area contributed by atoms with Crippen LogP contribution in [0.2, 0.25) is 5.02 Å². The fourth-order valence-electron chi connectivity index (χ4n) is 3.10. The number of carbonyl (C=O) groups is 2. The molecule has 2 N–H and O–H groups in total. The molecule has 0 aliphatic carbocycles. The third-order valence-electron chi connectivity index (χ3n) is 4.54. The zero-order chi connectivity index (χ0) is 23.4. The second-order valence-electron chi connectivity index (χ2n) is 6.94. The summed E-state index contributed by atoms with van der Waals surface area (Å²) in [5, 5.41) is 6.95. The van der Waals surface area contributed by atoms with Crippen molar-refractivity contribution in [3.63, 3.8) is 0 Å². The van der Waals surface area contributed by atoms with Crippen LogP contribution in [0.25, 0.3) is 20.7 Å². The van der Waals surface area contributed by atoms with E-state index in [9.17, 15) is 9.59 Å². The van der Waals surface area contributed by atoms with Crippen molar-refractivity contribution in [3.05, 3.63) is 59.9 Å². The first-order valence-electron chi connectivity index (χ1n) is 9.81. The number of hydrogen-bond donors (Lipinski definition) is 2. The summed E-state index contributed by atoms with van der Waals surface area (Å²) in [6.07, 6.45) is 1.50. The number of aromatic nitrogens is 2. The third-order valence-corrected chi connectivity index (χ3v) is 7.09. The number of benzene rings is 2. The van der Waals surface area contributed by atoms with Crippen LogP contribution < -0.4 is 15.4 Å². The summed E-state index contributed by atoms with van der Waals surface area (Å²) in [6, 6.07) is 14.7. The topological polar surface area (TPSA) is 93.2 Å². The molecule has 4 rings (SSSR count). The number of methoxy groups -OCH3 is 1. The van der Waals surface area contributed by atoms with Crippen molar-refractivity contribution in [2.45, 2.75) is 11.9 Å². The van der Waals surface area contributed by atoms with Crippen LogP contribution >= 0.6 is 34.7 Å². The Morgan fingerprint density at radius 1 is 1.09 bits per heavy atom. The van der Waals surface area contributed by atoms with E-state index >= 15 is 0 Å². The lowest BCUT2D eigenvalue weighted by molar-refractivity contribution is -0.114. The van der Waals surface area contributed by atoms with Crippen molar-refractivity contribution in [1.82, 2.24) is 9.97 Å². The van der Waals surface area contributed by atoms with Crippen LogP contribution in [-0.2, 0) is 9.59 Å². The van der Waals surface area contributed by atoms with Crippen LogP contribution in [0.15, 0.2) is 59.9 Å². The summed E-state index contributed by atoms with van der Waals surface area (Å²) in [7, 11) is 1.52. The van der Waals surface area contributed by atoms with E-state index in [0.29, 0.717) is 22.1 Å². The van der Waals surface area contributed by atoms with Gasteiger partial charge in [-0.2, -0.15) is 0 Å². The Morgan fingerprint density at radius 2 is 1.88 bits per heavy atom. The van der Waals surface area contributed by atoms with Gasteiger partial charge in [-0.25, -0.2) is 9.97 Å². The molecule has 33 heavy (non-hydrogen) atoms. The SMILES string of the molecule is COc1ccc(NC(C)=O)cc1NC(=O)CSc1ncnc2cc(-c3ccc(Cl)cc3)sc12. The van der Waals surface area contributed by atoms with Crippen molar-refractivity contribution in [2.75, 3.05) is 23.5 Å². The summed E-state index contributed by atoms with van der Waals surface area (Å²) in [5.74, 6) is 0.223. The van der Waals surface area contributed by atoms with Crippen molar-refractivity contribution in [3.8, 4) is 16.2 Å². The van der Waals surface area contributed by atoms with E-state index in [-0.39, 0.29) is 17.6 Å². The number of rotatable bonds is 7. The fraction of sp³-hybridized carbons (Fsp3) is 0.130. The van der Waals surface area contributed by atoms with Crippen molar-refractivity contribution < 1.29 is 14.3 Å². The number of hydrogen-bond acceptors (Lipinski definition) is 7. The molecule has 2 aromatic heterocycles. The van der Waals surface area contributed by atoms with E-state index in [4.69, 9.17) is 16.3 Å². The smallest absolute Gasteiger partial charge is 0.234 e. The number of ether oxygens (including phenoxy) is 1. The predicted molar refractivity (Wildman–Crippen MR) is 135 cm³/mol. The van der Waals surface area contributed by atoms with E-state index < -0.39 is 0 Å². The van der Waals surface area contributed by atoms with Gasteiger partial charge in [0.1, 0.15) is 17.1 Å². The first-order chi connectivity index (χ1) is 15.9. The molecule has 0 saturated heterocycles. The Bertz CT molecular complexity index is 1330. The molecular formula is C23H19ClN4O3S2. The number of fused-ring (bicyclic) bond motifs is 1. The molecule has 0 saturated carbocycles. The highest BCUT2D eigenvalue weighted by atomic mass is 35.5. The highest BCUT2D eigenvalue weighted by Gasteiger charge is 2.14. The molecule has 0 unspecified atom stereocenters. The molecule has 7 nitrogen and oxygen atoms in total. The van der Waals surface area contributed by atoms with Gasteiger partial charge in [0.05, 0.1) is 28.8 Å². The molecule has 0 radical (unpaired) electrons. The number of nitrogens with one attached hydrogen (secondary N) is 2. The van der Waals surface area contributed by atoms with E-state index in [1.807, 2.05) is 30.3 Å². The van der Waals surface area contributed by atoms with Gasteiger partial charge in [-0.3, -0.25) is 9.59 Å². The van der Waals surface area contributed by atoms with Gasteiger partial charge in [0.25, 0.3) is 0 Å². The molecule has 0 bridgehead atoms. The lowest BCUT2D eigenvalue weighted by Crippen LogP contribution is -2.15. The van der Waals surface area contributed by atoms with Crippen LogP contribution in [0.1, 0.15) is 6.92 Å². The summed E-state index contributed by atoms with van der Waals surface area (Å²) in [5.41, 5.74) is 2.91. The number of anilines is 2. The predicted octanol–water partition coefficient (Wildman–Crippen LogP) is 5.71. The first kappa shape index (κ1) is 23.0. The third kappa shape index (κ3) is 5.62. The highest BCUT2D eigenvalue weighted by Crippen LogP contribution is 2.37. The van der Waals surface area contributed by atoms with Gasteiger partial charge >= 0.3 is 0 Å². The molecule has 168 valence electrons. The first-order valence-corrected chi connectivity index (χ1v) is 12.0. The largest absolute Gasteiger partial charge is 0.495 e. The van der Waals surface area contributed by atoms with Gasteiger partial charge in [-0.1, -0.05) is 35.5 Å². The minimum atomic E-state index is -0.223. The summed E-state index contributed by atoms with van der Waals surface area (Å²) in [4.78, 5) is 33.8. The normalized spacial score (nSPS) is 10.8. The summed E-state index contributed by atoms with van der Waals surface area (Å²) >= 11 is 8.90. The Kier molecular flexibility index (Phi) is 7.12. The number of carbonyl (C=O) groups excluding carboxylic acids is 2. The van der Waals surface area contributed by atoms with Crippen LogP contribution in [0.4, 0.5) is 11.4 Å². The maximum atomic E-state index is 12.7. The lowest BCUT2D eigenvalue weighted by atomic mass is 10.2. The quantitative estimate of drug-likeness (QED) is 0.250. The van der Waals surface area contributed by atoms with E-state index in [0.717, 1.165) is 25.7 Å². The molecule has 0 spiro atoms. The van der Waals surface area contributed by atoms with Crippen LogP contribution in [0.5, 0.6) is 5.75 Å². The van der Waals surface area contributed by atoms with Gasteiger partial charge in [0.15, 0.2) is 0 Å². The molecule has 0 aliphatic heterocycles. The van der Waals surface area contributed by atoms with Gasteiger partial charge in [-0.15, -0.1) is 11.3 Å². The molecule has 0 atom stereocenters. The highest BCUT2D eigenvalue weighted by molar-refractivity contribution is 8.00. The molecule has 0 aliphatic rings. The molecule has 2 aromatic carbocycles. The van der Waals surface area contributed by atoms with Crippen LogP contribution in [0, 0.1) is 0 Å². The van der Waals surface area contributed by atoms with Gasteiger partial charge in [0.2, 0.25) is 11.8 Å². The van der Waals surface area contributed by atoms with E-state index in [2.05, 4.69) is 20.6 Å². The van der Waals surface area contributed by atoms with E-state index in [1.165, 1.54) is 32.1 Å². The molecular weight excluding hydrogens is 480 g/mol. The maximum Gasteiger partial charge on any atom is 0.234 e. The summed E-state index contributed by atoms with van der Waals surface area (Å²) in [6.45, 7) is 1.42. The zero-order valence-electron chi connectivity index (χ0n) is 17.7. The zero-order valence-corrected chi connectivity index (χ0v) is 20.1. The minimum Gasteiger partial charge on any atom is -0.495 e. The molecule has 0 fully saturated rings. The van der Waals surface area contributed by atoms with E-state index in [1.54, 1.807) is 29.5 Å². The fourth-order valence-corrected chi connectivity index (χ4v) is 5.22. The Hall–Kier alpha value is -3.14. The average molecular weight is 499 g/mol. The van der Waals surface area contributed by atoms with Crippen molar-refractivity contribution in [1.29, 1.82) is 0 Å². The number of thiophene rings is 1. The molecule has 4 aromatic rings. The molecule has 10 heteroatoms. The number of nitrogens with zero attached hydrogens (tertiary/aromatic N) is 2. The second kappa shape index (κ2) is 10.2. The van der Waals surface area contributed by atoms with Crippen molar-refractivity contribution in [2.24, 2.45) is 0 Å². The molecule has 2 heterocycles. The monoisotopic (exact) mass is 498 g/mol. The number of thioether (sulfide) groups is 1. The van der Waals surface area contributed by atoms with Gasteiger partial charge < -0.3 is 15.4 Å². The maximum absolute atomic E-state index is 12.7. The van der Waals surface area contributed by atoms with Crippen LogP contribution in [-0.4, -0.2) is 34.6 Å². The Balaban J connectivity index is 1.49. The molecule has 2 amide bonds. The average Bonchev–Trinajstić information content (AvgIpc) is 3.23. The van der Waals surface area contributed by atoms with Gasteiger partial charge in [0, 0.05) is 22.5 Å². The minimum absolute atomic E-state index is 0.147. The lowest BCUT2D eigenvalue weighted by Gasteiger charge is -2.12. The summed E-state index contributed by atoms with van der Waals surface area (Å²) < 4.78 is 6.24.